The van der Waals surface area contributed by atoms with Crippen LogP contribution in [0.5, 0.6) is 11.5 Å². The number of likely N-dealkylation sites (tertiary alicyclic amines) is 1. The monoisotopic (exact) mass is 685 g/mol. The second-order valence-electron chi connectivity index (χ2n) is 14.2. The SMILES string of the molecule is CCC[C@H](NC(=O)[C@@H]1C[C@]2(CC(c3cc(C)c(OC)cc3OC)=NO2)CN1C(=O)[C@@H](NC(=O)OC1CCCC1)C(C)(C)C)C(=O)C(=O)NC. The fourth-order valence-corrected chi connectivity index (χ4v) is 6.79. The number of methoxy groups -OCH3 is 2. The minimum atomic E-state index is -1.10. The van der Waals surface area contributed by atoms with Crippen molar-refractivity contribution in [3.8, 4) is 11.5 Å². The van der Waals surface area contributed by atoms with Crippen LogP contribution in [0.3, 0.4) is 0 Å². The van der Waals surface area contributed by atoms with Gasteiger partial charge in [0, 0.05) is 31.5 Å². The molecule has 270 valence electrons. The van der Waals surface area contributed by atoms with Crippen molar-refractivity contribution in [2.75, 3.05) is 27.8 Å². The molecule has 14 nitrogen and oxygen atoms in total. The summed E-state index contributed by atoms with van der Waals surface area (Å²) < 4.78 is 16.7. The van der Waals surface area contributed by atoms with Crippen molar-refractivity contribution in [2.45, 2.75) is 116 Å². The van der Waals surface area contributed by atoms with E-state index < -0.39 is 58.7 Å². The van der Waals surface area contributed by atoms with Gasteiger partial charge in [-0.25, -0.2) is 4.79 Å². The molecule has 2 fully saturated rings. The third-order valence-electron chi connectivity index (χ3n) is 9.47. The number of carbonyl (C=O) groups excluding carboxylic acids is 5. The van der Waals surface area contributed by atoms with Crippen molar-refractivity contribution >= 4 is 35.3 Å². The van der Waals surface area contributed by atoms with E-state index in [-0.39, 0.29) is 31.9 Å². The summed E-state index contributed by atoms with van der Waals surface area (Å²) in [4.78, 5) is 74.2. The topological polar surface area (TPSA) is 174 Å². The Morgan fingerprint density at radius 3 is 2.33 bits per heavy atom. The van der Waals surface area contributed by atoms with Crippen molar-refractivity contribution in [2.24, 2.45) is 10.6 Å². The maximum absolute atomic E-state index is 14.5. The summed E-state index contributed by atoms with van der Waals surface area (Å²) in [6.07, 6.45) is 3.61. The number of hydrogen-bond acceptors (Lipinski definition) is 10. The van der Waals surface area contributed by atoms with Gasteiger partial charge in [0.05, 0.1) is 32.5 Å². The van der Waals surface area contributed by atoms with Gasteiger partial charge in [-0.05, 0) is 56.1 Å². The second kappa shape index (κ2) is 15.5. The smallest absolute Gasteiger partial charge is 0.408 e. The molecular formula is C35H51N5O9. The van der Waals surface area contributed by atoms with Crippen LogP contribution in [0.1, 0.15) is 90.2 Å². The van der Waals surface area contributed by atoms with E-state index in [4.69, 9.17) is 19.0 Å². The molecular weight excluding hydrogens is 634 g/mol. The average molecular weight is 686 g/mol. The van der Waals surface area contributed by atoms with Crippen LogP contribution in [0.25, 0.3) is 0 Å². The van der Waals surface area contributed by atoms with Gasteiger partial charge in [0.1, 0.15) is 29.7 Å². The lowest BCUT2D eigenvalue weighted by molar-refractivity contribution is -0.144. The van der Waals surface area contributed by atoms with Crippen LogP contribution in [-0.2, 0) is 28.8 Å². The molecule has 2 heterocycles. The molecule has 4 rings (SSSR count). The number of nitrogens with one attached hydrogen (secondary N) is 3. The Balaban J connectivity index is 1.65. The lowest BCUT2D eigenvalue weighted by atomic mass is 9.85. The molecule has 3 N–H and O–H groups in total. The summed E-state index contributed by atoms with van der Waals surface area (Å²) in [6.45, 7) is 9.16. The number of carbonyl (C=O) groups is 5. The van der Waals surface area contributed by atoms with Crippen LogP contribution in [0.4, 0.5) is 4.79 Å². The molecule has 1 aliphatic carbocycles. The van der Waals surface area contributed by atoms with E-state index in [1.807, 2.05) is 40.7 Å². The van der Waals surface area contributed by atoms with E-state index in [0.717, 1.165) is 31.2 Å². The third-order valence-corrected chi connectivity index (χ3v) is 9.47. The minimum absolute atomic E-state index is 0.0257. The maximum Gasteiger partial charge on any atom is 0.408 e. The fraction of sp³-hybridized carbons (Fsp3) is 0.657. The molecule has 0 bridgehead atoms. The predicted molar refractivity (Wildman–Crippen MR) is 180 cm³/mol. The molecule has 0 aromatic heterocycles. The zero-order chi connectivity index (χ0) is 36.1. The normalized spacial score (nSPS) is 21.8. The molecule has 4 amide bonds. The predicted octanol–water partition coefficient (Wildman–Crippen LogP) is 3.16. The quantitative estimate of drug-likeness (QED) is 0.279. The molecule has 1 spiro atoms. The second-order valence-corrected chi connectivity index (χ2v) is 14.2. The summed E-state index contributed by atoms with van der Waals surface area (Å²) in [7, 11) is 4.46. The van der Waals surface area contributed by atoms with E-state index >= 15 is 0 Å². The molecule has 3 aliphatic rings. The standard InChI is InChI=1S/C35H51N5O9/c1-9-12-23(28(41)31(43)36-6)37-30(42)25-18-35(17-24(39-49-35)22-15-20(2)26(46-7)16-27(22)47-8)19-40(25)32(44)29(34(3,4)5)38-33(45)48-21-13-10-11-14-21/h15-16,21,23,25,29H,9-14,17-19H2,1-8H3,(H,36,43)(H,37,42)(H,38,45)/t23-,25-,29+,35+/m0/s1. The van der Waals surface area contributed by atoms with Crippen LogP contribution in [0.2, 0.25) is 0 Å². The molecule has 0 radical (unpaired) electrons. The van der Waals surface area contributed by atoms with E-state index in [0.29, 0.717) is 29.2 Å². The highest BCUT2D eigenvalue weighted by Gasteiger charge is 2.56. The van der Waals surface area contributed by atoms with Crippen molar-refractivity contribution in [3.63, 3.8) is 0 Å². The number of nitrogens with zero attached hydrogens (tertiary/aromatic N) is 2. The van der Waals surface area contributed by atoms with Crippen molar-refractivity contribution in [1.29, 1.82) is 0 Å². The van der Waals surface area contributed by atoms with E-state index in [1.165, 1.54) is 11.9 Å². The Labute approximate surface area is 288 Å². The molecule has 1 saturated heterocycles. The summed E-state index contributed by atoms with van der Waals surface area (Å²) >= 11 is 0. The molecule has 1 saturated carbocycles. The van der Waals surface area contributed by atoms with Crippen LogP contribution in [0.15, 0.2) is 17.3 Å². The first-order valence-corrected chi connectivity index (χ1v) is 17.0. The first-order valence-electron chi connectivity index (χ1n) is 17.0. The Morgan fingerprint density at radius 2 is 1.73 bits per heavy atom. The number of ketones is 1. The van der Waals surface area contributed by atoms with E-state index in [2.05, 4.69) is 21.1 Å². The molecule has 1 aromatic rings. The van der Waals surface area contributed by atoms with Crippen LogP contribution in [-0.4, -0.2) is 97.9 Å². The average Bonchev–Trinajstić information content (AvgIpc) is 3.82. The molecule has 14 heteroatoms. The van der Waals surface area contributed by atoms with Crippen LogP contribution >= 0.6 is 0 Å². The molecule has 49 heavy (non-hydrogen) atoms. The number of amides is 4. The molecule has 2 aliphatic heterocycles. The van der Waals surface area contributed by atoms with Gasteiger partial charge in [0.25, 0.3) is 5.91 Å². The number of ether oxygens (including phenoxy) is 3. The van der Waals surface area contributed by atoms with Gasteiger partial charge in [-0.1, -0.05) is 39.3 Å². The fourth-order valence-electron chi connectivity index (χ4n) is 6.79. The van der Waals surface area contributed by atoms with Gasteiger partial charge < -0.3 is 39.9 Å². The van der Waals surface area contributed by atoms with Crippen LogP contribution < -0.4 is 25.4 Å². The number of likely N-dealkylation sites (N-methyl/N-ethyl adjacent to an activating group) is 1. The number of hydrogen-bond donors (Lipinski definition) is 3. The highest BCUT2D eigenvalue weighted by Crippen LogP contribution is 2.42. The van der Waals surface area contributed by atoms with Gasteiger partial charge in [-0.15, -0.1) is 0 Å². The minimum Gasteiger partial charge on any atom is -0.496 e. The zero-order valence-electron chi connectivity index (χ0n) is 29.9. The Hall–Kier alpha value is -4.36. The Morgan fingerprint density at radius 1 is 1.06 bits per heavy atom. The largest absolute Gasteiger partial charge is 0.496 e. The van der Waals surface area contributed by atoms with Crippen LogP contribution in [0, 0.1) is 12.3 Å². The van der Waals surface area contributed by atoms with Gasteiger partial charge in [0.15, 0.2) is 5.60 Å². The van der Waals surface area contributed by atoms with Gasteiger partial charge in [-0.3, -0.25) is 19.2 Å². The van der Waals surface area contributed by atoms with Gasteiger partial charge >= 0.3 is 6.09 Å². The lowest BCUT2D eigenvalue weighted by Crippen LogP contribution is -2.59. The van der Waals surface area contributed by atoms with E-state index in [9.17, 15) is 24.0 Å². The Bertz CT molecular complexity index is 1470. The first-order chi connectivity index (χ1) is 23.2. The number of oxime groups is 1. The molecule has 1 aromatic carbocycles. The summed E-state index contributed by atoms with van der Waals surface area (Å²) in [5.74, 6) is -1.56. The molecule has 0 unspecified atom stereocenters. The lowest BCUT2D eigenvalue weighted by Gasteiger charge is -2.35. The number of rotatable bonds is 12. The highest BCUT2D eigenvalue weighted by atomic mass is 16.7. The van der Waals surface area contributed by atoms with E-state index in [1.54, 1.807) is 20.3 Å². The summed E-state index contributed by atoms with van der Waals surface area (Å²) in [5.41, 5.74) is 0.249. The van der Waals surface area contributed by atoms with Crippen molar-refractivity contribution in [1.82, 2.24) is 20.9 Å². The maximum atomic E-state index is 14.5. The number of benzene rings is 1. The zero-order valence-corrected chi connectivity index (χ0v) is 29.9. The van der Waals surface area contributed by atoms with Gasteiger partial charge in [0.2, 0.25) is 17.6 Å². The first kappa shape index (κ1) is 37.5. The van der Waals surface area contributed by atoms with Crippen molar-refractivity contribution < 1.29 is 43.0 Å². The molecule has 4 atom stereocenters. The summed E-state index contributed by atoms with van der Waals surface area (Å²) in [6, 6.07) is 0.399. The Kier molecular flexibility index (Phi) is 11.8. The summed E-state index contributed by atoms with van der Waals surface area (Å²) in [5, 5.41) is 12.2. The number of Topliss-reactive ketones (excluding diaryl/α,β-unsaturated/α-hetero) is 1. The van der Waals surface area contributed by atoms with Crippen molar-refractivity contribution in [3.05, 3.63) is 23.3 Å². The number of aryl methyl sites for hydroxylation is 1. The van der Waals surface area contributed by atoms with Gasteiger partial charge in [-0.2, -0.15) is 0 Å². The highest BCUT2D eigenvalue weighted by molar-refractivity contribution is 6.38. The third kappa shape index (κ3) is 8.45. The number of alkyl carbamates (subject to hydrolysis) is 1.